The molecular formula is C16H31N. The van der Waals surface area contributed by atoms with E-state index in [0.717, 1.165) is 23.8 Å². The molecule has 0 heterocycles. The molecule has 0 saturated heterocycles. The molecule has 2 rings (SSSR count). The summed E-state index contributed by atoms with van der Waals surface area (Å²) in [5.41, 5.74) is 0. The molecule has 2 aliphatic carbocycles. The summed E-state index contributed by atoms with van der Waals surface area (Å²) in [6, 6.07) is 0.859. The Morgan fingerprint density at radius 3 is 2.35 bits per heavy atom. The Kier molecular flexibility index (Phi) is 5.34. The van der Waals surface area contributed by atoms with E-state index >= 15 is 0 Å². The number of nitrogens with one attached hydrogen (secondary N) is 1. The number of rotatable bonds is 5. The van der Waals surface area contributed by atoms with Crippen LogP contribution in [0.5, 0.6) is 0 Å². The maximum Gasteiger partial charge on any atom is 0.00979 e. The van der Waals surface area contributed by atoms with Crippen LogP contribution in [0.2, 0.25) is 0 Å². The zero-order chi connectivity index (χ0) is 12.1. The Morgan fingerprint density at radius 2 is 1.71 bits per heavy atom. The van der Waals surface area contributed by atoms with Gasteiger partial charge in [-0.3, -0.25) is 0 Å². The van der Waals surface area contributed by atoms with Gasteiger partial charge in [0.2, 0.25) is 0 Å². The van der Waals surface area contributed by atoms with Gasteiger partial charge in [0.05, 0.1) is 0 Å². The van der Waals surface area contributed by atoms with E-state index in [9.17, 15) is 0 Å². The molecule has 17 heavy (non-hydrogen) atoms. The first-order chi connectivity index (χ1) is 8.35. The maximum absolute atomic E-state index is 3.80. The van der Waals surface area contributed by atoms with Gasteiger partial charge >= 0.3 is 0 Å². The van der Waals surface area contributed by atoms with Crippen LogP contribution in [0.3, 0.4) is 0 Å². The molecular weight excluding hydrogens is 206 g/mol. The molecule has 1 nitrogen and oxygen atoms in total. The van der Waals surface area contributed by atoms with Crippen molar-refractivity contribution in [1.29, 1.82) is 0 Å². The quantitative estimate of drug-likeness (QED) is 0.748. The molecule has 0 radical (unpaired) electrons. The molecule has 0 aliphatic heterocycles. The molecule has 0 aromatic rings. The van der Waals surface area contributed by atoms with E-state index in [2.05, 4.69) is 19.2 Å². The fourth-order valence-electron chi connectivity index (χ4n) is 4.16. The highest BCUT2D eigenvalue weighted by molar-refractivity contribution is 4.89. The summed E-state index contributed by atoms with van der Waals surface area (Å²) in [4.78, 5) is 0. The minimum atomic E-state index is 0.859. The van der Waals surface area contributed by atoms with Gasteiger partial charge in [-0.25, -0.2) is 0 Å². The van der Waals surface area contributed by atoms with Crippen molar-refractivity contribution < 1.29 is 0 Å². The van der Waals surface area contributed by atoms with Gasteiger partial charge in [0.1, 0.15) is 0 Å². The lowest BCUT2D eigenvalue weighted by Crippen LogP contribution is -2.37. The van der Waals surface area contributed by atoms with Crippen LogP contribution < -0.4 is 5.32 Å². The molecule has 2 unspecified atom stereocenters. The maximum atomic E-state index is 3.80. The van der Waals surface area contributed by atoms with Gasteiger partial charge in [-0.05, 0) is 56.4 Å². The van der Waals surface area contributed by atoms with Crippen LogP contribution in [0.4, 0.5) is 0 Å². The molecule has 2 saturated carbocycles. The molecule has 0 aromatic carbocycles. The van der Waals surface area contributed by atoms with E-state index in [-0.39, 0.29) is 0 Å². The van der Waals surface area contributed by atoms with Gasteiger partial charge in [-0.1, -0.05) is 39.5 Å². The SMILES string of the molecule is CCCNC1CCCC1C1CCC(CC)CC1. The fourth-order valence-corrected chi connectivity index (χ4v) is 4.16. The predicted molar refractivity (Wildman–Crippen MR) is 75.2 cm³/mol. The second-order valence-corrected chi connectivity index (χ2v) is 6.34. The zero-order valence-electron chi connectivity index (χ0n) is 11.9. The van der Waals surface area contributed by atoms with Crippen molar-refractivity contribution >= 4 is 0 Å². The predicted octanol–water partition coefficient (Wildman–Crippen LogP) is 4.37. The molecule has 0 aromatic heterocycles. The Morgan fingerprint density at radius 1 is 0.941 bits per heavy atom. The lowest BCUT2D eigenvalue weighted by Gasteiger charge is -2.35. The summed E-state index contributed by atoms with van der Waals surface area (Å²) >= 11 is 0. The van der Waals surface area contributed by atoms with Gasteiger partial charge in [0, 0.05) is 6.04 Å². The summed E-state index contributed by atoms with van der Waals surface area (Å²) in [5, 5.41) is 3.80. The summed E-state index contributed by atoms with van der Waals surface area (Å²) in [6.45, 7) is 5.88. The van der Waals surface area contributed by atoms with E-state index < -0.39 is 0 Å². The molecule has 1 heteroatoms. The summed E-state index contributed by atoms with van der Waals surface area (Å²) in [7, 11) is 0. The van der Waals surface area contributed by atoms with E-state index in [1.54, 1.807) is 0 Å². The second-order valence-electron chi connectivity index (χ2n) is 6.34. The van der Waals surface area contributed by atoms with Crippen LogP contribution >= 0.6 is 0 Å². The molecule has 1 N–H and O–H groups in total. The second kappa shape index (κ2) is 6.78. The Balaban J connectivity index is 1.80. The molecule has 100 valence electrons. The van der Waals surface area contributed by atoms with Crippen molar-refractivity contribution in [2.24, 2.45) is 17.8 Å². The average molecular weight is 237 g/mol. The third-order valence-corrected chi connectivity index (χ3v) is 5.30. The van der Waals surface area contributed by atoms with Crippen molar-refractivity contribution in [3.8, 4) is 0 Å². The minimum absolute atomic E-state index is 0.859. The zero-order valence-corrected chi connectivity index (χ0v) is 11.9. The third kappa shape index (κ3) is 3.47. The Hall–Kier alpha value is -0.0400. The highest BCUT2D eigenvalue weighted by atomic mass is 14.9. The molecule has 0 spiro atoms. The molecule has 2 atom stereocenters. The van der Waals surface area contributed by atoms with Gasteiger partial charge in [-0.2, -0.15) is 0 Å². The smallest absolute Gasteiger partial charge is 0.00979 e. The van der Waals surface area contributed by atoms with Gasteiger partial charge in [0.25, 0.3) is 0 Å². The van der Waals surface area contributed by atoms with Crippen LogP contribution in [0.15, 0.2) is 0 Å². The first-order valence-corrected chi connectivity index (χ1v) is 8.08. The molecule has 0 bridgehead atoms. The lowest BCUT2D eigenvalue weighted by molar-refractivity contribution is 0.180. The van der Waals surface area contributed by atoms with Crippen LogP contribution in [-0.4, -0.2) is 12.6 Å². The van der Waals surface area contributed by atoms with E-state index in [4.69, 9.17) is 0 Å². The average Bonchev–Trinajstić information content (AvgIpc) is 2.84. The molecule has 0 amide bonds. The Labute approximate surface area is 108 Å². The highest BCUT2D eigenvalue weighted by Gasteiger charge is 2.34. The van der Waals surface area contributed by atoms with Crippen LogP contribution in [-0.2, 0) is 0 Å². The summed E-state index contributed by atoms with van der Waals surface area (Å²) in [5.74, 6) is 3.11. The topological polar surface area (TPSA) is 12.0 Å². The van der Waals surface area contributed by atoms with Gasteiger partial charge in [-0.15, -0.1) is 0 Å². The third-order valence-electron chi connectivity index (χ3n) is 5.30. The van der Waals surface area contributed by atoms with E-state index in [0.29, 0.717) is 0 Å². The summed E-state index contributed by atoms with van der Waals surface area (Å²) in [6.07, 6.45) is 13.2. The van der Waals surface area contributed by atoms with Gasteiger partial charge < -0.3 is 5.32 Å². The van der Waals surface area contributed by atoms with Crippen molar-refractivity contribution in [3.63, 3.8) is 0 Å². The van der Waals surface area contributed by atoms with Crippen molar-refractivity contribution in [3.05, 3.63) is 0 Å². The van der Waals surface area contributed by atoms with E-state index in [1.807, 2.05) is 0 Å². The lowest BCUT2D eigenvalue weighted by atomic mass is 9.73. The van der Waals surface area contributed by atoms with Crippen LogP contribution in [0.25, 0.3) is 0 Å². The van der Waals surface area contributed by atoms with Crippen molar-refractivity contribution in [1.82, 2.24) is 5.32 Å². The van der Waals surface area contributed by atoms with Crippen molar-refractivity contribution in [2.45, 2.75) is 77.7 Å². The van der Waals surface area contributed by atoms with Crippen molar-refractivity contribution in [2.75, 3.05) is 6.54 Å². The largest absolute Gasteiger partial charge is 0.314 e. The minimum Gasteiger partial charge on any atom is -0.314 e. The molecule has 2 fully saturated rings. The van der Waals surface area contributed by atoms with Gasteiger partial charge in [0.15, 0.2) is 0 Å². The monoisotopic (exact) mass is 237 g/mol. The summed E-state index contributed by atoms with van der Waals surface area (Å²) < 4.78 is 0. The standard InChI is InChI=1S/C16H31N/c1-3-12-17-16-7-5-6-15(16)14-10-8-13(4-2)9-11-14/h13-17H,3-12H2,1-2H3. The molecule has 2 aliphatic rings. The van der Waals surface area contributed by atoms with E-state index in [1.165, 1.54) is 64.3 Å². The fraction of sp³-hybridized carbons (Fsp3) is 1.00. The first-order valence-electron chi connectivity index (χ1n) is 8.08. The highest BCUT2D eigenvalue weighted by Crippen LogP contribution is 2.41. The first kappa shape index (κ1) is 13.4. The Bertz CT molecular complexity index is 206. The van der Waals surface area contributed by atoms with Crippen LogP contribution in [0, 0.1) is 17.8 Å². The van der Waals surface area contributed by atoms with Crippen LogP contribution in [0.1, 0.15) is 71.6 Å². The number of hydrogen-bond acceptors (Lipinski definition) is 1. The number of hydrogen-bond donors (Lipinski definition) is 1. The normalized spacial score (nSPS) is 38.5.